The van der Waals surface area contributed by atoms with Crippen molar-refractivity contribution in [3.05, 3.63) is 24.4 Å². The molecule has 0 aromatic carbocycles. The van der Waals surface area contributed by atoms with Gasteiger partial charge in [-0.15, -0.1) is 0 Å². The summed E-state index contributed by atoms with van der Waals surface area (Å²) in [6.45, 7) is 2.13. The molecule has 0 atom stereocenters. The van der Waals surface area contributed by atoms with Gasteiger partial charge >= 0.3 is 0 Å². The van der Waals surface area contributed by atoms with Crippen LogP contribution in [0.3, 0.4) is 0 Å². The molecule has 0 bridgehead atoms. The van der Waals surface area contributed by atoms with E-state index in [9.17, 15) is 0 Å². The van der Waals surface area contributed by atoms with E-state index in [0.717, 1.165) is 24.9 Å². The third-order valence-electron chi connectivity index (χ3n) is 2.53. The van der Waals surface area contributed by atoms with Gasteiger partial charge in [0.15, 0.2) is 5.82 Å². The van der Waals surface area contributed by atoms with Crippen LogP contribution >= 0.6 is 0 Å². The minimum Gasteiger partial charge on any atom is -0.345 e. The summed E-state index contributed by atoms with van der Waals surface area (Å²) in [5, 5.41) is 0. The Bertz CT molecular complexity index is 335. The topological polar surface area (TPSA) is 31.7 Å². The average Bonchev–Trinajstić information content (AvgIpc) is 2.25. The Labute approximate surface area is 90.2 Å². The maximum Gasteiger partial charge on any atom is 0.202 e. The van der Waals surface area contributed by atoms with Crippen LogP contribution < -0.4 is 0 Å². The van der Waals surface area contributed by atoms with Gasteiger partial charge in [-0.25, -0.2) is 4.98 Å². The van der Waals surface area contributed by atoms with Crippen molar-refractivity contribution in [3.8, 4) is 0 Å². The van der Waals surface area contributed by atoms with Crippen LogP contribution in [0.1, 0.15) is 6.42 Å². The molecular formula is C11H16N4. The molecule has 0 unspecified atom stereocenters. The molecule has 2 rings (SSSR count). The van der Waals surface area contributed by atoms with E-state index in [1.165, 1.54) is 6.42 Å². The lowest BCUT2D eigenvalue weighted by Gasteiger charge is -2.34. The second kappa shape index (κ2) is 4.29. The van der Waals surface area contributed by atoms with Crippen LogP contribution in [0, 0.1) is 0 Å². The zero-order valence-electron chi connectivity index (χ0n) is 9.22. The lowest BCUT2D eigenvalue weighted by molar-refractivity contribution is 0.318. The number of aliphatic imine (C=N–C) groups is 1. The Balaban J connectivity index is 2.24. The van der Waals surface area contributed by atoms with Crippen LogP contribution in [0.2, 0.25) is 0 Å². The lowest BCUT2D eigenvalue weighted by atomic mass is 10.3. The van der Waals surface area contributed by atoms with Gasteiger partial charge in [0.2, 0.25) is 5.96 Å². The van der Waals surface area contributed by atoms with E-state index in [1.54, 1.807) is 6.20 Å². The Hall–Kier alpha value is -1.58. The summed E-state index contributed by atoms with van der Waals surface area (Å²) in [6.07, 6.45) is 2.95. The Kier molecular flexibility index (Phi) is 2.85. The molecule has 15 heavy (non-hydrogen) atoms. The first kappa shape index (κ1) is 9.96. The van der Waals surface area contributed by atoms with Crippen LogP contribution in [0.15, 0.2) is 29.4 Å². The molecule has 0 saturated carbocycles. The molecule has 1 aliphatic rings. The molecule has 2 heterocycles. The highest BCUT2D eigenvalue weighted by Gasteiger charge is 2.17. The number of nitrogens with zero attached hydrogens (tertiary/aromatic N) is 4. The second-order valence-corrected chi connectivity index (χ2v) is 3.80. The number of hydrogen-bond acceptors (Lipinski definition) is 2. The summed E-state index contributed by atoms with van der Waals surface area (Å²) < 4.78 is 0. The van der Waals surface area contributed by atoms with Crippen molar-refractivity contribution in [3.63, 3.8) is 0 Å². The zero-order valence-corrected chi connectivity index (χ0v) is 9.22. The highest BCUT2D eigenvalue weighted by Crippen LogP contribution is 2.11. The van der Waals surface area contributed by atoms with Crippen LogP contribution in [0.25, 0.3) is 0 Å². The van der Waals surface area contributed by atoms with Crippen molar-refractivity contribution < 1.29 is 0 Å². The van der Waals surface area contributed by atoms with Gasteiger partial charge in [0, 0.05) is 33.4 Å². The van der Waals surface area contributed by atoms with Gasteiger partial charge in [-0.2, -0.15) is 4.99 Å². The third-order valence-corrected chi connectivity index (χ3v) is 2.53. The molecule has 1 fully saturated rings. The molecular weight excluding hydrogens is 188 g/mol. The van der Waals surface area contributed by atoms with E-state index in [2.05, 4.69) is 33.9 Å². The fraction of sp³-hybridized carbons (Fsp3) is 0.455. The molecule has 80 valence electrons. The first-order valence-electron chi connectivity index (χ1n) is 5.19. The summed E-state index contributed by atoms with van der Waals surface area (Å²) in [5.74, 6) is 1.77. The molecule has 0 spiro atoms. The molecule has 4 heteroatoms. The van der Waals surface area contributed by atoms with E-state index in [0.29, 0.717) is 0 Å². The number of rotatable bonds is 1. The van der Waals surface area contributed by atoms with Gasteiger partial charge in [0.05, 0.1) is 0 Å². The van der Waals surface area contributed by atoms with E-state index in [1.807, 2.05) is 18.2 Å². The molecule has 1 aromatic rings. The van der Waals surface area contributed by atoms with Gasteiger partial charge in [0.1, 0.15) is 0 Å². The monoisotopic (exact) mass is 204 g/mol. The molecule has 1 aromatic heterocycles. The van der Waals surface area contributed by atoms with Gasteiger partial charge < -0.3 is 9.80 Å². The first-order valence-corrected chi connectivity index (χ1v) is 5.19. The fourth-order valence-corrected chi connectivity index (χ4v) is 1.73. The minimum absolute atomic E-state index is 0.771. The SMILES string of the molecule is CN1CCCN(C)C1=Nc1ccccn1. The van der Waals surface area contributed by atoms with E-state index in [-0.39, 0.29) is 0 Å². The molecule has 0 radical (unpaired) electrons. The molecule has 0 N–H and O–H groups in total. The van der Waals surface area contributed by atoms with Crippen LogP contribution in [0.5, 0.6) is 0 Å². The van der Waals surface area contributed by atoms with E-state index >= 15 is 0 Å². The predicted molar refractivity (Wildman–Crippen MR) is 61.2 cm³/mol. The number of pyridine rings is 1. The smallest absolute Gasteiger partial charge is 0.202 e. The summed E-state index contributed by atoms with van der Waals surface area (Å²) in [4.78, 5) is 13.1. The molecule has 4 nitrogen and oxygen atoms in total. The van der Waals surface area contributed by atoms with Crippen molar-refractivity contribution in [2.75, 3.05) is 27.2 Å². The normalized spacial score (nSPS) is 16.8. The number of aromatic nitrogens is 1. The highest BCUT2D eigenvalue weighted by atomic mass is 15.4. The van der Waals surface area contributed by atoms with Gasteiger partial charge in [-0.3, -0.25) is 0 Å². The number of hydrogen-bond donors (Lipinski definition) is 0. The van der Waals surface area contributed by atoms with Crippen LogP contribution in [-0.2, 0) is 0 Å². The quantitative estimate of drug-likeness (QED) is 0.691. The standard InChI is InChI=1S/C11H16N4/c1-14-8-5-9-15(2)11(14)13-10-6-3-4-7-12-10/h3-4,6-7H,5,8-9H2,1-2H3. The number of guanidine groups is 1. The third kappa shape index (κ3) is 2.26. The van der Waals surface area contributed by atoms with Gasteiger partial charge in [0.25, 0.3) is 0 Å². The second-order valence-electron chi connectivity index (χ2n) is 3.80. The summed E-state index contributed by atoms with van der Waals surface area (Å²) in [5.41, 5.74) is 0. The molecule has 0 amide bonds. The molecule has 1 aliphatic heterocycles. The van der Waals surface area contributed by atoms with Crippen LogP contribution in [0.4, 0.5) is 5.82 Å². The Morgan fingerprint density at radius 1 is 1.20 bits per heavy atom. The Morgan fingerprint density at radius 3 is 2.53 bits per heavy atom. The highest BCUT2D eigenvalue weighted by molar-refractivity contribution is 5.82. The van der Waals surface area contributed by atoms with Crippen molar-refractivity contribution >= 4 is 11.8 Å². The van der Waals surface area contributed by atoms with E-state index in [4.69, 9.17) is 0 Å². The average molecular weight is 204 g/mol. The fourth-order valence-electron chi connectivity index (χ4n) is 1.73. The molecule has 0 aliphatic carbocycles. The predicted octanol–water partition coefficient (Wildman–Crippen LogP) is 1.34. The van der Waals surface area contributed by atoms with Crippen molar-refractivity contribution in [1.82, 2.24) is 14.8 Å². The Morgan fingerprint density at radius 2 is 1.93 bits per heavy atom. The van der Waals surface area contributed by atoms with Crippen molar-refractivity contribution in [2.24, 2.45) is 4.99 Å². The van der Waals surface area contributed by atoms with Gasteiger partial charge in [-0.1, -0.05) is 6.07 Å². The maximum absolute atomic E-state index is 4.54. The van der Waals surface area contributed by atoms with Crippen molar-refractivity contribution in [2.45, 2.75) is 6.42 Å². The zero-order chi connectivity index (χ0) is 10.7. The maximum atomic E-state index is 4.54. The lowest BCUT2D eigenvalue weighted by Crippen LogP contribution is -2.46. The van der Waals surface area contributed by atoms with Crippen LogP contribution in [-0.4, -0.2) is 47.9 Å². The first-order chi connectivity index (χ1) is 7.27. The van der Waals surface area contributed by atoms with Crippen molar-refractivity contribution in [1.29, 1.82) is 0 Å². The summed E-state index contributed by atoms with van der Waals surface area (Å²) in [6, 6.07) is 5.77. The minimum atomic E-state index is 0.771. The molecule has 1 saturated heterocycles. The summed E-state index contributed by atoms with van der Waals surface area (Å²) in [7, 11) is 4.13. The largest absolute Gasteiger partial charge is 0.345 e. The summed E-state index contributed by atoms with van der Waals surface area (Å²) >= 11 is 0. The van der Waals surface area contributed by atoms with E-state index < -0.39 is 0 Å². The van der Waals surface area contributed by atoms with Gasteiger partial charge in [-0.05, 0) is 18.6 Å².